The molecule has 2 rings (SSSR count). The lowest BCUT2D eigenvalue weighted by molar-refractivity contribution is 0.285. The van der Waals surface area contributed by atoms with Crippen LogP contribution in [-0.2, 0) is 16.6 Å². The van der Waals surface area contributed by atoms with Crippen LogP contribution in [-0.4, -0.2) is 13.5 Å². The first-order valence-electron chi connectivity index (χ1n) is 5.41. The van der Waals surface area contributed by atoms with Crippen molar-refractivity contribution in [2.24, 2.45) is 0 Å². The molecule has 0 unspecified atom stereocenters. The number of halogens is 1. The number of hydrogen-bond donors (Lipinski definition) is 2. The van der Waals surface area contributed by atoms with Gasteiger partial charge in [-0.3, -0.25) is 4.72 Å². The van der Waals surface area contributed by atoms with Crippen molar-refractivity contribution < 1.29 is 17.9 Å². The summed E-state index contributed by atoms with van der Waals surface area (Å²) in [4.78, 5) is 0.532. The summed E-state index contributed by atoms with van der Waals surface area (Å²) >= 11 is 0.946. The first-order chi connectivity index (χ1) is 8.92. The molecule has 4 nitrogen and oxygen atoms in total. The molecule has 0 aliphatic carbocycles. The first-order valence-corrected chi connectivity index (χ1v) is 7.71. The fraction of sp³-hybridized carbons (Fsp3) is 0.167. The number of sulfonamides is 1. The van der Waals surface area contributed by atoms with Gasteiger partial charge in [0.15, 0.2) is 0 Å². The molecule has 0 saturated carbocycles. The SMILES string of the molecule is Cc1ccc(F)c(NS(=O)(=O)c2ccc(CO)s2)c1. The van der Waals surface area contributed by atoms with Crippen LogP contribution in [0.5, 0.6) is 0 Å². The Hall–Kier alpha value is -1.44. The zero-order chi connectivity index (χ0) is 14.0. The fourth-order valence-corrected chi connectivity index (χ4v) is 3.77. The zero-order valence-electron chi connectivity index (χ0n) is 10.1. The fourth-order valence-electron chi connectivity index (χ4n) is 1.50. The number of rotatable bonds is 4. The average Bonchev–Trinajstić information content (AvgIpc) is 2.83. The van der Waals surface area contributed by atoms with Gasteiger partial charge in [-0.15, -0.1) is 11.3 Å². The van der Waals surface area contributed by atoms with Gasteiger partial charge in [-0.25, -0.2) is 12.8 Å². The second kappa shape index (κ2) is 5.28. The summed E-state index contributed by atoms with van der Waals surface area (Å²) in [5, 5.41) is 8.92. The highest BCUT2D eigenvalue weighted by atomic mass is 32.2. The molecule has 0 atom stereocenters. The van der Waals surface area contributed by atoms with Crippen LogP contribution in [0.1, 0.15) is 10.4 Å². The van der Waals surface area contributed by atoms with E-state index in [1.54, 1.807) is 13.0 Å². The van der Waals surface area contributed by atoms with E-state index in [-0.39, 0.29) is 16.5 Å². The van der Waals surface area contributed by atoms with Crippen LogP contribution < -0.4 is 4.72 Å². The molecule has 19 heavy (non-hydrogen) atoms. The summed E-state index contributed by atoms with van der Waals surface area (Å²) in [6, 6.07) is 7.09. The van der Waals surface area contributed by atoms with Gasteiger partial charge in [0.1, 0.15) is 10.0 Å². The van der Waals surface area contributed by atoms with Crippen LogP contribution in [0.25, 0.3) is 0 Å². The Morgan fingerprint density at radius 2 is 2.05 bits per heavy atom. The van der Waals surface area contributed by atoms with Crippen molar-refractivity contribution in [3.63, 3.8) is 0 Å². The van der Waals surface area contributed by atoms with Crippen molar-refractivity contribution in [3.8, 4) is 0 Å². The number of hydrogen-bond acceptors (Lipinski definition) is 4. The predicted molar refractivity (Wildman–Crippen MR) is 72.2 cm³/mol. The Kier molecular flexibility index (Phi) is 3.88. The van der Waals surface area contributed by atoms with Crippen molar-refractivity contribution in [3.05, 3.63) is 46.6 Å². The van der Waals surface area contributed by atoms with Crippen molar-refractivity contribution in [2.45, 2.75) is 17.7 Å². The maximum atomic E-state index is 13.5. The van der Waals surface area contributed by atoms with Crippen LogP contribution in [0.15, 0.2) is 34.5 Å². The molecule has 0 aliphatic rings. The third-order valence-corrected chi connectivity index (χ3v) is 5.35. The normalized spacial score (nSPS) is 11.5. The van der Waals surface area contributed by atoms with E-state index in [1.807, 2.05) is 0 Å². The first kappa shape index (κ1) is 14.0. The van der Waals surface area contributed by atoms with E-state index in [2.05, 4.69) is 4.72 Å². The van der Waals surface area contributed by atoms with Crippen LogP contribution in [0.3, 0.4) is 0 Å². The van der Waals surface area contributed by atoms with E-state index in [4.69, 9.17) is 5.11 Å². The molecule has 0 radical (unpaired) electrons. The molecule has 0 spiro atoms. The molecule has 1 aromatic carbocycles. The van der Waals surface area contributed by atoms with Crippen molar-refractivity contribution in [2.75, 3.05) is 4.72 Å². The third-order valence-electron chi connectivity index (χ3n) is 2.42. The molecular formula is C12H12FNO3S2. The van der Waals surface area contributed by atoms with Gasteiger partial charge < -0.3 is 5.11 Å². The number of aliphatic hydroxyl groups excluding tert-OH is 1. The summed E-state index contributed by atoms with van der Waals surface area (Å²) in [5.41, 5.74) is 0.667. The molecule has 0 saturated heterocycles. The van der Waals surface area contributed by atoms with Crippen LogP contribution in [0.4, 0.5) is 10.1 Å². The largest absolute Gasteiger partial charge is 0.391 e. The maximum Gasteiger partial charge on any atom is 0.271 e. The third kappa shape index (κ3) is 3.12. The number of nitrogens with one attached hydrogen (secondary N) is 1. The number of thiophene rings is 1. The molecule has 1 heterocycles. The second-order valence-electron chi connectivity index (χ2n) is 3.97. The molecule has 7 heteroatoms. The Morgan fingerprint density at radius 1 is 1.32 bits per heavy atom. The number of aliphatic hydroxyl groups is 1. The Balaban J connectivity index is 2.33. The van der Waals surface area contributed by atoms with Gasteiger partial charge in [0.2, 0.25) is 0 Å². The maximum absolute atomic E-state index is 13.5. The molecule has 0 aliphatic heterocycles. The van der Waals surface area contributed by atoms with E-state index >= 15 is 0 Å². The smallest absolute Gasteiger partial charge is 0.271 e. The molecule has 2 aromatic rings. The summed E-state index contributed by atoms with van der Waals surface area (Å²) in [7, 11) is -3.82. The van der Waals surface area contributed by atoms with Gasteiger partial charge in [0, 0.05) is 4.88 Å². The summed E-state index contributed by atoms with van der Waals surface area (Å²) in [6.07, 6.45) is 0. The molecule has 0 bridgehead atoms. The lowest BCUT2D eigenvalue weighted by atomic mass is 10.2. The van der Waals surface area contributed by atoms with Gasteiger partial charge in [-0.1, -0.05) is 6.07 Å². The Bertz CT molecular complexity index is 695. The highest BCUT2D eigenvalue weighted by Gasteiger charge is 2.18. The molecule has 102 valence electrons. The van der Waals surface area contributed by atoms with E-state index in [0.29, 0.717) is 4.88 Å². The Morgan fingerprint density at radius 3 is 2.68 bits per heavy atom. The van der Waals surface area contributed by atoms with Gasteiger partial charge >= 0.3 is 0 Å². The van der Waals surface area contributed by atoms with E-state index < -0.39 is 15.8 Å². The molecular weight excluding hydrogens is 289 g/mol. The van der Waals surface area contributed by atoms with E-state index in [0.717, 1.165) is 16.9 Å². The van der Waals surface area contributed by atoms with Gasteiger partial charge in [-0.2, -0.15) is 0 Å². The molecule has 0 amide bonds. The van der Waals surface area contributed by atoms with Crippen molar-refractivity contribution in [1.82, 2.24) is 0 Å². The Labute approximate surface area is 114 Å². The van der Waals surface area contributed by atoms with E-state index in [9.17, 15) is 12.8 Å². The van der Waals surface area contributed by atoms with Gasteiger partial charge in [0.25, 0.3) is 10.0 Å². The van der Waals surface area contributed by atoms with Crippen LogP contribution in [0.2, 0.25) is 0 Å². The summed E-state index contributed by atoms with van der Waals surface area (Å²) < 4.78 is 39.9. The second-order valence-corrected chi connectivity index (χ2v) is 7.05. The zero-order valence-corrected chi connectivity index (χ0v) is 11.7. The monoisotopic (exact) mass is 301 g/mol. The quantitative estimate of drug-likeness (QED) is 0.912. The number of anilines is 1. The molecule has 1 aromatic heterocycles. The minimum atomic E-state index is -3.82. The lowest BCUT2D eigenvalue weighted by Gasteiger charge is -2.08. The minimum absolute atomic E-state index is 0.0393. The summed E-state index contributed by atoms with van der Waals surface area (Å²) in [6.45, 7) is 1.52. The number of benzene rings is 1. The minimum Gasteiger partial charge on any atom is -0.391 e. The van der Waals surface area contributed by atoms with Crippen LogP contribution in [0, 0.1) is 12.7 Å². The summed E-state index contributed by atoms with van der Waals surface area (Å²) in [5.74, 6) is -0.631. The number of aryl methyl sites for hydroxylation is 1. The van der Waals surface area contributed by atoms with Gasteiger partial charge in [-0.05, 0) is 36.8 Å². The highest BCUT2D eigenvalue weighted by molar-refractivity contribution is 7.94. The average molecular weight is 301 g/mol. The van der Waals surface area contributed by atoms with Crippen molar-refractivity contribution >= 4 is 27.0 Å². The lowest BCUT2D eigenvalue weighted by Crippen LogP contribution is -2.12. The van der Waals surface area contributed by atoms with Crippen LogP contribution >= 0.6 is 11.3 Å². The van der Waals surface area contributed by atoms with Crippen molar-refractivity contribution in [1.29, 1.82) is 0 Å². The predicted octanol–water partition coefficient (Wildman–Crippen LogP) is 2.49. The standard InChI is InChI=1S/C12H12FNO3S2/c1-8-2-4-10(13)11(6-8)14-19(16,17)12-5-3-9(7-15)18-12/h2-6,14-15H,7H2,1H3. The highest BCUT2D eigenvalue weighted by Crippen LogP contribution is 2.25. The topological polar surface area (TPSA) is 66.4 Å². The van der Waals surface area contributed by atoms with Gasteiger partial charge in [0.05, 0.1) is 12.3 Å². The molecule has 0 fully saturated rings. The van der Waals surface area contributed by atoms with E-state index in [1.165, 1.54) is 24.3 Å². The molecule has 2 N–H and O–H groups in total.